The molecule has 0 aliphatic carbocycles. The first-order chi connectivity index (χ1) is 14.3. The van der Waals surface area contributed by atoms with Crippen molar-refractivity contribution in [3.05, 3.63) is 46.6 Å². The molecule has 0 bridgehead atoms. The van der Waals surface area contributed by atoms with Crippen LogP contribution in [0.5, 0.6) is 5.88 Å². The summed E-state index contributed by atoms with van der Waals surface area (Å²) in [6.07, 6.45) is -2.31. The SMILES string of the molecule is CCc1ccc(Cc2c(OC3S[C@H](CO)C(O)C(O)C3O)nn(C(C)C)c2C)cc1. The highest BCUT2D eigenvalue weighted by molar-refractivity contribution is 8.00. The van der Waals surface area contributed by atoms with Crippen molar-refractivity contribution in [2.45, 2.75) is 75.6 Å². The van der Waals surface area contributed by atoms with Crippen LogP contribution in [0.1, 0.15) is 49.2 Å². The summed E-state index contributed by atoms with van der Waals surface area (Å²) < 4.78 is 7.97. The zero-order valence-corrected chi connectivity index (χ0v) is 18.7. The molecule has 1 saturated heterocycles. The highest BCUT2D eigenvalue weighted by Crippen LogP contribution is 2.36. The summed E-state index contributed by atoms with van der Waals surface area (Å²) >= 11 is 1.11. The van der Waals surface area contributed by atoms with Crippen LogP contribution in [0.25, 0.3) is 0 Å². The van der Waals surface area contributed by atoms with Gasteiger partial charge in [0.1, 0.15) is 12.2 Å². The van der Waals surface area contributed by atoms with Crippen molar-refractivity contribution < 1.29 is 25.2 Å². The minimum atomic E-state index is -1.40. The third-order valence-electron chi connectivity index (χ3n) is 5.61. The van der Waals surface area contributed by atoms with E-state index in [-0.39, 0.29) is 12.6 Å². The molecule has 1 aromatic carbocycles. The van der Waals surface area contributed by atoms with Gasteiger partial charge in [0, 0.05) is 23.7 Å². The molecule has 4 N–H and O–H groups in total. The van der Waals surface area contributed by atoms with Crippen molar-refractivity contribution >= 4 is 11.8 Å². The van der Waals surface area contributed by atoms with Crippen LogP contribution in [-0.4, -0.2) is 65.8 Å². The maximum absolute atomic E-state index is 10.4. The predicted molar refractivity (Wildman–Crippen MR) is 117 cm³/mol. The Hall–Kier alpha value is -1.58. The van der Waals surface area contributed by atoms with Gasteiger partial charge in [-0.2, -0.15) is 0 Å². The Kier molecular flexibility index (Phi) is 7.47. The maximum atomic E-state index is 10.4. The fourth-order valence-corrected chi connectivity index (χ4v) is 4.92. The van der Waals surface area contributed by atoms with E-state index in [1.807, 2.05) is 25.5 Å². The molecule has 5 atom stereocenters. The lowest BCUT2D eigenvalue weighted by atomic mass is 10.0. The van der Waals surface area contributed by atoms with Crippen LogP contribution in [0.2, 0.25) is 0 Å². The number of ether oxygens (including phenoxy) is 1. The number of hydrogen-bond donors (Lipinski definition) is 4. The van der Waals surface area contributed by atoms with Gasteiger partial charge in [-0.15, -0.1) is 16.9 Å². The lowest BCUT2D eigenvalue weighted by Crippen LogP contribution is -2.55. The molecule has 0 amide bonds. The monoisotopic (exact) mass is 436 g/mol. The van der Waals surface area contributed by atoms with E-state index < -0.39 is 29.0 Å². The van der Waals surface area contributed by atoms with E-state index >= 15 is 0 Å². The van der Waals surface area contributed by atoms with E-state index in [2.05, 4.69) is 36.3 Å². The third kappa shape index (κ3) is 4.68. The Morgan fingerprint density at radius 2 is 1.70 bits per heavy atom. The van der Waals surface area contributed by atoms with Gasteiger partial charge >= 0.3 is 0 Å². The van der Waals surface area contributed by atoms with Gasteiger partial charge in [-0.3, -0.25) is 4.68 Å². The minimum absolute atomic E-state index is 0.130. The van der Waals surface area contributed by atoms with Gasteiger partial charge in [0.15, 0.2) is 5.44 Å². The molecule has 30 heavy (non-hydrogen) atoms. The molecule has 7 nitrogen and oxygen atoms in total. The highest BCUT2D eigenvalue weighted by Gasteiger charge is 2.44. The molecular formula is C22H32N2O5S. The Morgan fingerprint density at radius 3 is 2.27 bits per heavy atom. The molecule has 0 radical (unpaired) electrons. The normalized spacial score (nSPS) is 26.9. The van der Waals surface area contributed by atoms with E-state index in [4.69, 9.17) is 4.74 Å². The number of benzene rings is 1. The third-order valence-corrected chi connectivity index (χ3v) is 7.04. The van der Waals surface area contributed by atoms with Crippen LogP contribution in [0.4, 0.5) is 0 Å². The standard InChI is InChI=1S/C22H32N2O5S/c1-5-14-6-8-15(9-7-14)10-16-13(4)24(12(2)3)23-21(16)29-22-20(28)19(27)18(26)17(11-25)30-22/h6-9,12,17-20,22,25-28H,5,10-11H2,1-4H3/t17-,18?,19?,20?,22?/m1/s1. The molecule has 0 spiro atoms. The highest BCUT2D eigenvalue weighted by atomic mass is 32.2. The first kappa shape index (κ1) is 23.1. The van der Waals surface area contributed by atoms with Crippen molar-refractivity contribution in [2.24, 2.45) is 0 Å². The Labute approximate surface area is 181 Å². The average Bonchev–Trinajstić information content (AvgIpc) is 3.04. The summed E-state index contributed by atoms with van der Waals surface area (Å²) in [5.41, 5.74) is 3.45. The van der Waals surface area contributed by atoms with Gasteiger partial charge in [-0.1, -0.05) is 31.2 Å². The lowest BCUT2D eigenvalue weighted by molar-refractivity contribution is -0.0915. The van der Waals surface area contributed by atoms with E-state index in [1.54, 1.807) is 0 Å². The molecule has 1 aliphatic heterocycles. The topological polar surface area (TPSA) is 108 Å². The van der Waals surface area contributed by atoms with E-state index in [1.165, 1.54) is 5.56 Å². The van der Waals surface area contributed by atoms with Gasteiger partial charge in [-0.05, 0) is 38.3 Å². The zero-order valence-electron chi connectivity index (χ0n) is 17.9. The number of aliphatic hydroxyl groups excluding tert-OH is 4. The summed E-state index contributed by atoms with van der Waals surface area (Å²) in [5, 5.41) is 44.1. The van der Waals surface area contributed by atoms with Crippen molar-refractivity contribution in [1.29, 1.82) is 0 Å². The van der Waals surface area contributed by atoms with E-state index in [0.29, 0.717) is 12.3 Å². The van der Waals surface area contributed by atoms with Crippen molar-refractivity contribution in [3.63, 3.8) is 0 Å². The van der Waals surface area contributed by atoms with Crippen LogP contribution < -0.4 is 4.74 Å². The molecular weight excluding hydrogens is 404 g/mol. The molecule has 4 unspecified atom stereocenters. The quantitative estimate of drug-likeness (QED) is 0.524. The van der Waals surface area contributed by atoms with E-state index in [0.717, 1.165) is 35.0 Å². The molecule has 166 valence electrons. The number of aromatic nitrogens is 2. The zero-order chi connectivity index (χ0) is 22.0. The van der Waals surface area contributed by atoms with E-state index in [9.17, 15) is 20.4 Å². The molecule has 2 heterocycles. The largest absolute Gasteiger partial charge is 0.459 e. The summed E-state index contributed by atoms with van der Waals surface area (Å²) in [7, 11) is 0. The number of rotatable bonds is 7. The predicted octanol–water partition coefficient (Wildman–Crippen LogP) is 1.82. The first-order valence-corrected chi connectivity index (χ1v) is 11.3. The smallest absolute Gasteiger partial charge is 0.237 e. The van der Waals surface area contributed by atoms with Gasteiger partial charge in [-0.25, -0.2) is 0 Å². The first-order valence-electron chi connectivity index (χ1n) is 10.4. The van der Waals surface area contributed by atoms with Crippen LogP contribution in [-0.2, 0) is 12.8 Å². The second-order valence-corrected chi connectivity index (χ2v) is 9.41. The van der Waals surface area contributed by atoms with Gasteiger partial charge in [0.05, 0.1) is 18.0 Å². The molecule has 1 aromatic heterocycles. The molecule has 3 rings (SSSR count). The number of aliphatic hydroxyl groups is 4. The fraction of sp³-hybridized carbons (Fsp3) is 0.591. The number of nitrogens with zero attached hydrogens (tertiary/aromatic N) is 2. The Morgan fingerprint density at radius 1 is 1.07 bits per heavy atom. The molecule has 2 aromatic rings. The summed E-state index contributed by atoms with van der Waals surface area (Å²) in [4.78, 5) is 0. The Bertz CT molecular complexity index is 837. The minimum Gasteiger partial charge on any atom is -0.459 e. The van der Waals surface area contributed by atoms with Crippen molar-refractivity contribution in [3.8, 4) is 5.88 Å². The van der Waals surface area contributed by atoms with Crippen molar-refractivity contribution in [1.82, 2.24) is 9.78 Å². The molecule has 1 fully saturated rings. The average molecular weight is 437 g/mol. The lowest BCUT2D eigenvalue weighted by Gasteiger charge is -2.38. The summed E-state index contributed by atoms with van der Waals surface area (Å²) in [6, 6.07) is 8.55. The molecule has 8 heteroatoms. The fourth-order valence-electron chi connectivity index (χ4n) is 3.70. The van der Waals surface area contributed by atoms with Gasteiger partial charge in [0.25, 0.3) is 0 Å². The van der Waals surface area contributed by atoms with Crippen LogP contribution in [0, 0.1) is 6.92 Å². The van der Waals surface area contributed by atoms with Crippen LogP contribution in [0.15, 0.2) is 24.3 Å². The Balaban J connectivity index is 1.90. The molecule has 1 aliphatic rings. The molecule has 0 saturated carbocycles. The number of hydrogen-bond acceptors (Lipinski definition) is 7. The van der Waals surface area contributed by atoms with Crippen LogP contribution in [0.3, 0.4) is 0 Å². The van der Waals surface area contributed by atoms with Gasteiger partial charge in [0.2, 0.25) is 5.88 Å². The second kappa shape index (κ2) is 9.70. The number of aryl methyl sites for hydroxylation is 1. The second-order valence-electron chi connectivity index (χ2n) is 8.07. The number of thioether (sulfide) groups is 1. The van der Waals surface area contributed by atoms with Crippen molar-refractivity contribution in [2.75, 3.05) is 6.61 Å². The van der Waals surface area contributed by atoms with Gasteiger partial charge < -0.3 is 25.2 Å². The summed E-state index contributed by atoms with van der Waals surface area (Å²) in [5.74, 6) is 0.401. The van der Waals surface area contributed by atoms with Crippen LogP contribution >= 0.6 is 11.8 Å². The summed E-state index contributed by atoms with van der Waals surface area (Å²) in [6.45, 7) is 7.86. The maximum Gasteiger partial charge on any atom is 0.237 e.